The minimum Gasteiger partial charge on any atom is -0.459 e. The first-order chi connectivity index (χ1) is 6.92. The molecule has 2 N–H and O–H groups in total. The topological polar surface area (TPSA) is 58.6 Å². The van der Waals surface area contributed by atoms with Crippen molar-refractivity contribution in [1.29, 1.82) is 0 Å². The van der Waals surface area contributed by atoms with Crippen LogP contribution in [0.3, 0.4) is 0 Å². The van der Waals surface area contributed by atoms with Crippen molar-refractivity contribution in [3.63, 3.8) is 0 Å². The van der Waals surface area contributed by atoms with E-state index < -0.39 is 23.7 Å². The number of hydrogen-bond donors (Lipinski definition) is 2. The molecule has 0 heterocycles. The van der Waals surface area contributed by atoms with Crippen LogP contribution in [-0.2, 0) is 9.53 Å². The second-order valence-electron chi connectivity index (χ2n) is 6.15. The largest absolute Gasteiger partial charge is 0.459 e. The van der Waals surface area contributed by atoms with Crippen LogP contribution >= 0.6 is 12.4 Å². The molecule has 0 bridgehead atoms. The second-order valence-corrected chi connectivity index (χ2v) is 6.15. The summed E-state index contributed by atoms with van der Waals surface area (Å²) >= 11 is 0. The highest BCUT2D eigenvalue weighted by Gasteiger charge is 2.31. The van der Waals surface area contributed by atoms with Crippen molar-refractivity contribution < 1.29 is 14.6 Å². The standard InChI is InChI=1S/C12H25NO3.ClH/c1-8(14)9(13-11(2,3)4)10(15)16-12(5,6)7;/h8-9,13-14H,1-7H3;1H/t8-,9+;/m1./s1. The van der Waals surface area contributed by atoms with Gasteiger partial charge in [0.1, 0.15) is 11.6 Å². The summed E-state index contributed by atoms with van der Waals surface area (Å²) in [6.45, 7) is 12.8. The molecule has 0 saturated carbocycles. The highest BCUT2D eigenvalue weighted by Crippen LogP contribution is 2.12. The van der Waals surface area contributed by atoms with Crippen LogP contribution < -0.4 is 5.32 Å². The SMILES string of the molecule is C[C@@H](O)[C@H](NC(C)(C)C)C(=O)OC(C)(C)C.Cl. The first-order valence-corrected chi connectivity index (χ1v) is 5.61. The lowest BCUT2D eigenvalue weighted by Gasteiger charge is -2.31. The summed E-state index contributed by atoms with van der Waals surface area (Å²) in [4.78, 5) is 11.8. The predicted octanol–water partition coefficient (Wildman–Crippen LogP) is 1.89. The maximum absolute atomic E-state index is 11.8. The summed E-state index contributed by atoms with van der Waals surface area (Å²) in [6.07, 6.45) is -0.783. The van der Waals surface area contributed by atoms with Crippen molar-refractivity contribution >= 4 is 18.4 Å². The Morgan fingerprint density at radius 3 is 1.82 bits per heavy atom. The van der Waals surface area contributed by atoms with Gasteiger partial charge in [-0.1, -0.05) is 0 Å². The van der Waals surface area contributed by atoms with E-state index >= 15 is 0 Å². The molecule has 0 aromatic heterocycles. The first kappa shape index (κ1) is 19.0. The number of hydrogen-bond acceptors (Lipinski definition) is 4. The fourth-order valence-electron chi connectivity index (χ4n) is 1.21. The molecule has 0 rings (SSSR count). The number of aliphatic hydroxyl groups excluding tert-OH is 1. The van der Waals surface area contributed by atoms with E-state index in [4.69, 9.17) is 4.74 Å². The van der Waals surface area contributed by atoms with Gasteiger partial charge in [-0.25, -0.2) is 0 Å². The average Bonchev–Trinajstić information content (AvgIpc) is 1.94. The van der Waals surface area contributed by atoms with Gasteiger partial charge in [-0.15, -0.1) is 12.4 Å². The zero-order valence-electron chi connectivity index (χ0n) is 11.8. The molecule has 104 valence electrons. The summed E-state index contributed by atoms with van der Waals surface area (Å²) in [5, 5.41) is 12.6. The molecule has 4 nitrogen and oxygen atoms in total. The molecular formula is C12H26ClNO3. The van der Waals surface area contributed by atoms with E-state index in [0.717, 1.165) is 0 Å². The third-order valence-electron chi connectivity index (χ3n) is 1.73. The summed E-state index contributed by atoms with van der Waals surface area (Å²) in [5.41, 5.74) is -0.789. The second kappa shape index (κ2) is 6.57. The molecule has 0 amide bonds. The quantitative estimate of drug-likeness (QED) is 0.767. The number of carbonyl (C=O) groups excluding carboxylic acids is 1. The first-order valence-electron chi connectivity index (χ1n) is 5.61. The van der Waals surface area contributed by atoms with Gasteiger partial charge in [0, 0.05) is 5.54 Å². The Morgan fingerprint density at radius 2 is 1.59 bits per heavy atom. The Kier molecular flexibility index (Phi) is 7.35. The number of rotatable bonds is 3. The number of nitrogens with one attached hydrogen (secondary N) is 1. The van der Waals surface area contributed by atoms with Gasteiger partial charge < -0.3 is 9.84 Å². The molecular weight excluding hydrogens is 242 g/mol. The van der Waals surface area contributed by atoms with Gasteiger partial charge in [0.15, 0.2) is 0 Å². The number of halogens is 1. The van der Waals surface area contributed by atoms with Crippen molar-refractivity contribution in [3.05, 3.63) is 0 Å². The highest BCUT2D eigenvalue weighted by molar-refractivity contribution is 5.85. The van der Waals surface area contributed by atoms with Crippen LogP contribution in [0.5, 0.6) is 0 Å². The molecule has 0 radical (unpaired) electrons. The molecule has 0 aliphatic rings. The van der Waals surface area contributed by atoms with E-state index in [9.17, 15) is 9.90 Å². The summed E-state index contributed by atoms with van der Waals surface area (Å²) in [7, 11) is 0. The lowest BCUT2D eigenvalue weighted by Crippen LogP contribution is -2.54. The minimum atomic E-state index is -0.783. The van der Waals surface area contributed by atoms with Gasteiger partial charge in [0.2, 0.25) is 0 Å². The number of ether oxygens (including phenoxy) is 1. The van der Waals surface area contributed by atoms with Crippen molar-refractivity contribution in [1.82, 2.24) is 5.32 Å². The van der Waals surface area contributed by atoms with Crippen LogP contribution in [-0.4, -0.2) is 34.4 Å². The van der Waals surface area contributed by atoms with Crippen molar-refractivity contribution in [3.8, 4) is 0 Å². The molecule has 0 spiro atoms. The number of carbonyl (C=O) groups is 1. The molecule has 0 saturated heterocycles. The summed E-state index contributed by atoms with van der Waals surface area (Å²) in [5.74, 6) is -0.419. The van der Waals surface area contributed by atoms with Crippen LogP contribution in [0.4, 0.5) is 0 Å². The molecule has 5 heteroatoms. The molecule has 0 fully saturated rings. The molecule has 2 atom stereocenters. The number of aliphatic hydroxyl groups is 1. The smallest absolute Gasteiger partial charge is 0.326 e. The Bertz CT molecular complexity index is 241. The zero-order chi connectivity index (χ0) is 13.1. The van der Waals surface area contributed by atoms with Crippen LogP contribution in [0.15, 0.2) is 0 Å². The van der Waals surface area contributed by atoms with Crippen molar-refractivity contribution in [2.24, 2.45) is 0 Å². The average molecular weight is 268 g/mol. The summed E-state index contributed by atoms with van der Waals surface area (Å²) < 4.78 is 5.25. The minimum absolute atomic E-state index is 0. The Labute approximate surface area is 111 Å². The lowest BCUT2D eigenvalue weighted by molar-refractivity contribution is -0.161. The van der Waals surface area contributed by atoms with Crippen LogP contribution in [0.1, 0.15) is 48.5 Å². The van der Waals surface area contributed by atoms with Crippen molar-refractivity contribution in [2.75, 3.05) is 0 Å². The predicted molar refractivity (Wildman–Crippen MR) is 71.5 cm³/mol. The van der Waals surface area contributed by atoms with Crippen LogP contribution in [0.2, 0.25) is 0 Å². The van der Waals surface area contributed by atoms with E-state index in [-0.39, 0.29) is 17.9 Å². The van der Waals surface area contributed by atoms with E-state index in [1.54, 1.807) is 27.7 Å². The van der Waals surface area contributed by atoms with E-state index in [1.165, 1.54) is 0 Å². The molecule has 0 aliphatic heterocycles. The zero-order valence-corrected chi connectivity index (χ0v) is 12.6. The van der Waals surface area contributed by atoms with Gasteiger partial charge in [-0.05, 0) is 48.5 Å². The fraction of sp³-hybridized carbons (Fsp3) is 0.917. The lowest BCUT2D eigenvalue weighted by atomic mass is 10.0. The highest BCUT2D eigenvalue weighted by atomic mass is 35.5. The van der Waals surface area contributed by atoms with Gasteiger partial charge in [0.05, 0.1) is 6.10 Å². The monoisotopic (exact) mass is 267 g/mol. The normalized spacial score (nSPS) is 15.8. The molecule has 0 aromatic rings. The molecule has 0 aliphatic carbocycles. The fourth-order valence-corrected chi connectivity index (χ4v) is 1.21. The molecule has 0 unspecified atom stereocenters. The maximum Gasteiger partial charge on any atom is 0.326 e. The van der Waals surface area contributed by atoms with Gasteiger partial charge in [-0.2, -0.15) is 0 Å². The maximum atomic E-state index is 11.8. The van der Waals surface area contributed by atoms with E-state index in [2.05, 4.69) is 5.32 Å². The van der Waals surface area contributed by atoms with Crippen LogP contribution in [0.25, 0.3) is 0 Å². The van der Waals surface area contributed by atoms with E-state index in [0.29, 0.717) is 0 Å². The van der Waals surface area contributed by atoms with Gasteiger partial charge in [-0.3, -0.25) is 10.1 Å². The Balaban J connectivity index is 0. The molecule has 17 heavy (non-hydrogen) atoms. The summed E-state index contributed by atoms with van der Waals surface area (Å²) in [6, 6.07) is -0.695. The Morgan fingerprint density at radius 1 is 1.18 bits per heavy atom. The molecule has 0 aromatic carbocycles. The van der Waals surface area contributed by atoms with Gasteiger partial charge in [0.25, 0.3) is 0 Å². The third-order valence-corrected chi connectivity index (χ3v) is 1.73. The van der Waals surface area contributed by atoms with Crippen molar-refractivity contribution in [2.45, 2.75) is 71.8 Å². The van der Waals surface area contributed by atoms with E-state index in [1.807, 2.05) is 20.8 Å². The number of esters is 1. The Hall–Kier alpha value is -0.320. The van der Waals surface area contributed by atoms with Gasteiger partial charge >= 0.3 is 5.97 Å². The third kappa shape index (κ3) is 9.39. The van der Waals surface area contributed by atoms with Crippen LogP contribution in [0, 0.1) is 0 Å².